The van der Waals surface area contributed by atoms with Crippen LogP contribution in [0.2, 0.25) is 0 Å². The molecule has 0 spiro atoms. The van der Waals surface area contributed by atoms with E-state index in [9.17, 15) is 0 Å². The number of anilines is 2. The predicted octanol–water partition coefficient (Wildman–Crippen LogP) is 4.73. The topological polar surface area (TPSA) is 24.5 Å². The van der Waals surface area contributed by atoms with Crippen molar-refractivity contribution < 1.29 is 4.74 Å². The van der Waals surface area contributed by atoms with Gasteiger partial charge in [0.1, 0.15) is 11.9 Å². The van der Waals surface area contributed by atoms with Crippen LogP contribution in [0.5, 0.6) is 5.75 Å². The normalized spacial score (nSPS) is 17.4. The van der Waals surface area contributed by atoms with Gasteiger partial charge in [0.05, 0.1) is 12.2 Å². The molecular weight excluding hydrogens is 296 g/mol. The number of ether oxygens (including phenoxy) is 1. The predicted molar refractivity (Wildman–Crippen MR) is 102 cm³/mol. The zero-order valence-corrected chi connectivity index (χ0v) is 15.0. The van der Waals surface area contributed by atoms with Gasteiger partial charge in [0.15, 0.2) is 0 Å². The van der Waals surface area contributed by atoms with E-state index in [4.69, 9.17) is 4.74 Å². The summed E-state index contributed by atoms with van der Waals surface area (Å²) >= 11 is 0. The number of benzene rings is 2. The van der Waals surface area contributed by atoms with Crippen molar-refractivity contribution in [3.8, 4) is 5.75 Å². The maximum absolute atomic E-state index is 6.01. The molecule has 1 aliphatic heterocycles. The van der Waals surface area contributed by atoms with Crippen molar-refractivity contribution in [1.29, 1.82) is 0 Å². The van der Waals surface area contributed by atoms with E-state index in [1.807, 2.05) is 0 Å². The molecule has 3 nitrogen and oxygen atoms in total. The van der Waals surface area contributed by atoms with Crippen LogP contribution >= 0.6 is 0 Å². The van der Waals surface area contributed by atoms with Gasteiger partial charge in [-0.3, -0.25) is 0 Å². The first-order valence-corrected chi connectivity index (χ1v) is 9.06. The molecule has 0 fully saturated rings. The average Bonchev–Trinajstić information content (AvgIpc) is 2.62. The minimum Gasteiger partial charge on any atom is -0.486 e. The highest BCUT2D eigenvalue weighted by Crippen LogP contribution is 2.31. The lowest BCUT2D eigenvalue weighted by molar-refractivity contribution is 0.202. The maximum Gasteiger partial charge on any atom is 0.142 e. The molecule has 0 aromatic heterocycles. The molecule has 0 bridgehead atoms. The Bertz CT molecular complexity index is 656. The van der Waals surface area contributed by atoms with E-state index in [1.165, 1.54) is 11.3 Å². The van der Waals surface area contributed by atoms with E-state index >= 15 is 0 Å². The summed E-state index contributed by atoms with van der Waals surface area (Å²) in [5.41, 5.74) is 3.77. The standard InChI is InChI=1S/C21H28N2O/c1-4-19-15-22-20-14-17(11-12-21(20)24-19)13-16(3)23(5-2)18-9-7-6-8-10-18/h6-12,14,16,19,22H,4-5,13,15H2,1-3H3. The van der Waals surface area contributed by atoms with Gasteiger partial charge in [-0.15, -0.1) is 0 Å². The van der Waals surface area contributed by atoms with Crippen LogP contribution in [-0.2, 0) is 6.42 Å². The van der Waals surface area contributed by atoms with Gasteiger partial charge in [0.25, 0.3) is 0 Å². The molecule has 2 aromatic carbocycles. The molecule has 0 saturated carbocycles. The second-order valence-electron chi connectivity index (χ2n) is 6.53. The molecule has 2 atom stereocenters. The van der Waals surface area contributed by atoms with Crippen LogP contribution in [-0.4, -0.2) is 25.2 Å². The van der Waals surface area contributed by atoms with Gasteiger partial charge in [-0.25, -0.2) is 0 Å². The fraction of sp³-hybridized carbons (Fsp3) is 0.429. The van der Waals surface area contributed by atoms with Gasteiger partial charge in [-0.2, -0.15) is 0 Å². The monoisotopic (exact) mass is 324 g/mol. The van der Waals surface area contributed by atoms with E-state index < -0.39 is 0 Å². The quantitative estimate of drug-likeness (QED) is 0.831. The van der Waals surface area contributed by atoms with Crippen molar-refractivity contribution in [2.24, 2.45) is 0 Å². The maximum atomic E-state index is 6.01. The molecule has 0 aliphatic carbocycles. The number of fused-ring (bicyclic) bond motifs is 1. The first-order chi connectivity index (χ1) is 11.7. The highest BCUT2D eigenvalue weighted by molar-refractivity contribution is 5.60. The van der Waals surface area contributed by atoms with Crippen LogP contribution in [0.3, 0.4) is 0 Å². The van der Waals surface area contributed by atoms with Gasteiger partial charge in [0.2, 0.25) is 0 Å². The number of nitrogens with one attached hydrogen (secondary N) is 1. The van der Waals surface area contributed by atoms with Crippen LogP contribution in [0.15, 0.2) is 48.5 Å². The van der Waals surface area contributed by atoms with Gasteiger partial charge >= 0.3 is 0 Å². The fourth-order valence-corrected chi connectivity index (χ4v) is 3.44. The highest BCUT2D eigenvalue weighted by Gasteiger charge is 2.19. The minimum absolute atomic E-state index is 0.288. The zero-order chi connectivity index (χ0) is 16.9. The number of para-hydroxylation sites is 1. The minimum atomic E-state index is 0.288. The lowest BCUT2D eigenvalue weighted by Crippen LogP contribution is -2.34. The molecule has 1 N–H and O–H groups in total. The molecule has 0 amide bonds. The zero-order valence-electron chi connectivity index (χ0n) is 15.0. The number of likely N-dealkylation sites (N-methyl/N-ethyl adjacent to an activating group) is 1. The molecular formula is C21H28N2O. The Kier molecular flexibility index (Phi) is 5.29. The van der Waals surface area contributed by atoms with Gasteiger partial charge in [-0.05, 0) is 56.5 Å². The van der Waals surface area contributed by atoms with E-state index in [2.05, 4.69) is 79.5 Å². The summed E-state index contributed by atoms with van der Waals surface area (Å²) in [7, 11) is 0. The third-order valence-corrected chi connectivity index (χ3v) is 4.80. The summed E-state index contributed by atoms with van der Waals surface area (Å²) < 4.78 is 6.01. The molecule has 2 aromatic rings. The van der Waals surface area contributed by atoms with Crippen molar-refractivity contribution >= 4 is 11.4 Å². The smallest absolute Gasteiger partial charge is 0.142 e. The molecule has 0 saturated heterocycles. The Labute approximate surface area is 145 Å². The Morgan fingerprint density at radius 1 is 1.17 bits per heavy atom. The van der Waals surface area contributed by atoms with E-state index in [0.29, 0.717) is 6.04 Å². The van der Waals surface area contributed by atoms with E-state index in [1.54, 1.807) is 0 Å². The summed E-state index contributed by atoms with van der Waals surface area (Å²) in [6.45, 7) is 8.59. The third kappa shape index (κ3) is 3.66. The van der Waals surface area contributed by atoms with E-state index in [-0.39, 0.29) is 6.10 Å². The largest absolute Gasteiger partial charge is 0.486 e. The van der Waals surface area contributed by atoms with E-state index in [0.717, 1.165) is 37.4 Å². The summed E-state index contributed by atoms with van der Waals surface area (Å²) in [6, 6.07) is 17.7. The fourth-order valence-electron chi connectivity index (χ4n) is 3.44. The van der Waals surface area contributed by atoms with Crippen LogP contribution in [0.1, 0.15) is 32.8 Å². The second kappa shape index (κ2) is 7.61. The summed E-state index contributed by atoms with van der Waals surface area (Å²) in [6.07, 6.45) is 2.35. The number of nitrogens with zero attached hydrogens (tertiary/aromatic N) is 1. The van der Waals surface area contributed by atoms with Crippen LogP contribution in [0.4, 0.5) is 11.4 Å². The molecule has 1 heterocycles. The van der Waals surface area contributed by atoms with Crippen molar-refractivity contribution in [1.82, 2.24) is 0 Å². The van der Waals surface area contributed by atoms with Crippen LogP contribution < -0.4 is 15.0 Å². The molecule has 2 unspecified atom stereocenters. The SMILES string of the molecule is CCC1CNc2cc(CC(C)N(CC)c3ccccc3)ccc2O1. The number of hydrogen-bond donors (Lipinski definition) is 1. The Morgan fingerprint density at radius 3 is 2.67 bits per heavy atom. The molecule has 3 rings (SSSR count). The summed E-state index contributed by atoms with van der Waals surface area (Å²) in [4.78, 5) is 2.45. The molecule has 24 heavy (non-hydrogen) atoms. The van der Waals surface area contributed by atoms with Crippen molar-refractivity contribution in [2.45, 2.75) is 45.8 Å². The summed E-state index contributed by atoms with van der Waals surface area (Å²) in [5, 5.41) is 3.51. The van der Waals surface area contributed by atoms with Gasteiger partial charge in [0, 0.05) is 18.3 Å². The van der Waals surface area contributed by atoms with Gasteiger partial charge in [-0.1, -0.05) is 31.2 Å². The third-order valence-electron chi connectivity index (χ3n) is 4.80. The molecule has 1 aliphatic rings. The second-order valence-corrected chi connectivity index (χ2v) is 6.53. The van der Waals surface area contributed by atoms with Crippen molar-refractivity contribution in [3.63, 3.8) is 0 Å². The average molecular weight is 324 g/mol. The van der Waals surface area contributed by atoms with Crippen molar-refractivity contribution in [2.75, 3.05) is 23.3 Å². The van der Waals surface area contributed by atoms with Crippen LogP contribution in [0.25, 0.3) is 0 Å². The number of rotatable bonds is 6. The van der Waals surface area contributed by atoms with Crippen LogP contribution in [0, 0.1) is 0 Å². The molecule has 0 radical (unpaired) electrons. The van der Waals surface area contributed by atoms with Gasteiger partial charge < -0.3 is 15.0 Å². The molecule has 128 valence electrons. The van der Waals surface area contributed by atoms with Crippen molar-refractivity contribution in [3.05, 3.63) is 54.1 Å². The Balaban J connectivity index is 1.71. The lowest BCUT2D eigenvalue weighted by Gasteiger charge is -2.31. The summed E-state index contributed by atoms with van der Waals surface area (Å²) in [5.74, 6) is 0.986. The molecule has 3 heteroatoms. The number of hydrogen-bond acceptors (Lipinski definition) is 3. The Hall–Kier alpha value is -2.16. The first-order valence-electron chi connectivity index (χ1n) is 9.06. The highest BCUT2D eigenvalue weighted by atomic mass is 16.5. The first kappa shape index (κ1) is 16.7. The lowest BCUT2D eigenvalue weighted by atomic mass is 10.0. The Morgan fingerprint density at radius 2 is 1.96 bits per heavy atom.